The van der Waals surface area contributed by atoms with Gasteiger partial charge in [-0.15, -0.1) is 0 Å². The number of hydrogen-bond acceptors (Lipinski definition) is 2. The highest BCUT2D eigenvalue weighted by Crippen LogP contribution is 2.27. The van der Waals surface area contributed by atoms with Crippen molar-refractivity contribution in [1.29, 1.82) is 0 Å². The predicted molar refractivity (Wildman–Crippen MR) is 42.4 cm³/mol. The Morgan fingerprint density at radius 3 is 2.43 bits per heavy atom. The average Bonchev–Trinajstić information content (AvgIpc) is 2.43. The van der Waals surface area contributed by atoms with Gasteiger partial charge in [0.1, 0.15) is 0 Å². The van der Waals surface area contributed by atoms with E-state index in [0.29, 0.717) is 0 Å². The van der Waals surface area contributed by atoms with Crippen LogP contribution in [0.2, 0.25) is 0 Å². The number of alkyl halides is 3. The van der Waals surface area contributed by atoms with Gasteiger partial charge >= 0.3 is 12.1 Å². The maximum Gasteiger partial charge on any atom is 0.471 e. The van der Waals surface area contributed by atoms with Crippen molar-refractivity contribution in [3.8, 4) is 0 Å². The summed E-state index contributed by atoms with van der Waals surface area (Å²) in [4.78, 5) is 11.5. The molecule has 3 nitrogen and oxygen atoms in total. The molecule has 0 unspecified atom stereocenters. The van der Waals surface area contributed by atoms with Crippen LogP contribution in [0.5, 0.6) is 0 Å². The maximum absolute atomic E-state index is 12.0. The molecule has 1 rings (SSSR count). The van der Waals surface area contributed by atoms with Crippen LogP contribution in [-0.2, 0) is 4.79 Å². The van der Waals surface area contributed by atoms with E-state index in [4.69, 9.17) is 5.11 Å². The van der Waals surface area contributed by atoms with E-state index >= 15 is 0 Å². The van der Waals surface area contributed by atoms with E-state index in [1.165, 1.54) is 0 Å². The van der Waals surface area contributed by atoms with Crippen LogP contribution in [0.4, 0.5) is 13.2 Å². The summed E-state index contributed by atoms with van der Waals surface area (Å²) in [7, 11) is 0. The topological polar surface area (TPSA) is 40.5 Å². The van der Waals surface area contributed by atoms with Crippen LogP contribution in [0, 0.1) is 11.8 Å². The molecular formula is C8H12F3NO2. The van der Waals surface area contributed by atoms with E-state index in [1.54, 1.807) is 6.92 Å². The van der Waals surface area contributed by atoms with Crippen LogP contribution in [0.1, 0.15) is 6.92 Å². The number of halogens is 3. The van der Waals surface area contributed by atoms with E-state index in [1.807, 2.05) is 0 Å². The van der Waals surface area contributed by atoms with Crippen molar-refractivity contribution in [3.63, 3.8) is 0 Å². The van der Waals surface area contributed by atoms with Gasteiger partial charge in [-0.3, -0.25) is 4.79 Å². The predicted octanol–water partition coefficient (Wildman–Crippen LogP) is 0.635. The molecule has 0 radical (unpaired) electrons. The summed E-state index contributed by atoms with van der Waals surface area (Å²) in [6.07, 6.45) is -4.80. The first-order valence-electron chi connectivity index (χ1n) is 4.33. The van der Waals surface area contributed by atoms with Crippen molar-refractivity contribution < 1.29 is 23.1 Å². The van der Waals surface area contributed by atoms with Gasteiger partial charge < -0.3 is 10.0 Å². The summed E-state index contributed by atoms with van der Waals surface area (Å²) in [5, 5.41) is 8.82. The molecule has 0 aromatic carbocycles. The zero-order chi connectivity index (χ0) is 10.9. The molecule has 1 fully saturated rings. The number of nitrogens with zero attached hydrogens (tertiary/aromatic N) is 1. The quantitative estimate of drug-likeness (QED) is 0.691. The monoisotopic (exact) mass is 211 g/mol. The van der Waals surface area contributed by atoms with Crippen LogP contribution in [-0.4, -0.2) is 41.8 Å². The van der Waals surface area contributed by atoms with E-state index < -0.39 is 12.1 Å². The first-order valence-corrected chi connectivity index (χ1v) is 4.33. The molecule has 1 saturated heterocycles. The first kappa shape index (κ1) is 11.3. The number of carbonyl (C=O) groups excluding carboxylic acids is 1. The lowest BCUT2D eigenvalue weighted by Gasteiger charge is -2.17. The molecule has 0 aromatic rings. The van der Waals surface area contributed by atoms with Gasteiger partial charge in [0.2, 0.25) is 0 Å². The van der Waals surface area contributed by atoms with Gasteiger partial charge in [-0.05, 0) is 5.92 Å². The smallest absolute Gasteiger partial charge is 0.396 e. The molecule has 0 aromatic heterocycles. The number of aliphatic hydroxyl groups excluding tert-OH is 1. The standard InChI is InChI=1S/C8H12F3NO2/c1-5-2-12(3-6(5)4-13)7(14)8(9,10)11/h5-6,13H,2-4H2,1H3/t5-,6+/m1/s1. The molecular weight excluding hydrogens is 199 g/mol. The molecule has 1 aliphatic heterocycles. The number of aliphatic hydroxyl groups is 1. The maximum atomic E-state index is 12.0. The summed E-state index contributed by atoms with van der Waals surface area (Å²) in [6.45, 7) is 1.62. The molecule has 1 N–H and O–H groups in total. The highest BCUT2D eigenvalue weighted by Gasteiger charge is 2.45. The Hall–Kier alpha value is -0.780. The van der Waals surface area contributed by atoms with E-state index in [-0.39, 0.29) is 31.5 Å². The van der Waals surface area contributed by atoms with Crippen molar-refractivity contribution in [1.82, 2.24) is 4.90 Å². The fourth-order valence-electron chi connectivity index (χ4n) is 1.62. The Morgan fingerprint density at radius 2 is 2.07 bits per heavy atom. The Morgan fingerprint density at radius 1 is 1.50 bits per heavy atom. The first-order chi connectivity index (χ1) is 6.36. The molecule has 0 spiro atoms. The number of hydrogen-bond donors (Lipinski definition) is 1. The second-order valence-corrected chi connectivity index (χ2v) is 3.63. The lowest BCUT2D eigenvalue weighted by molar-refractivity contribution is -0.184. The molecule has 0 saturated carbocycles. The van der Waals surface area contributed by atoms with Crippen LogP contribution >= 0.6 is 0 Å². The van der Waals surface area contributed by atoms with E-state index in [2.05, 4.69) is 0 Å². The van der Waals surface area contributed by atoms with Gasteiger partial charge in [0.15, 0.2) is 0 Å². The molecule has 1 aliphatic rings. The second kappa shape index (κ2) is 3.76. The Balaban J connectivity index is 2.62. The van der Waals surface area contributed by atoms with Crippen molar-refractivity contribution in [2.24, 2.45) is 11.8 Å². The van der Waals surface area contributed by atoms with Crippen molar-refractivity contribution in [2.45, 2.75) is 13.1 Å². The molecule has 1 amide bonds. The van der Waals surface area contributed by atoms with Crippen LogP contribution < -0.4 is 0 Å². The molecule has 6 heteroatoms. The summed E-state index contributed by atoms with van der Waals surface area (Å²) < 4.78 is 36.0. The van der Waals surface area contributed by atoms with Gasteiger partial charge in [-0.1, -0.05) is 6.92 Å². The molecule has 2 atom stereocenters. The number of rotatable bonds is 1. The summed E-state index contributed by atoms with van der Waals surface area (Å²) >= 11 is 0. The third-order valence-corrected chi connectivity index (χ3v) is 2.53. The third kappa shape index (κ3) is 2.17. The Kier molecular flexibility index (Phi) is 3.04. The average molecular weight is 211 g/mol. The lowest BCUT2D eigenvalue weighted by atomic mass is 10.00. The van der Waals surface area contributed by atoms with Crippen LogP contribution in [0.25, 0.3) is 0 Å². The number of amides is 1. The zero-order valence-corrected chi connectivity index (χ0v) is 7.71. The van der Waals surface area contributed by atoms with E-state index in [9.17, 15) is 18.0 Å². The molecule has 1 heterocycles. The molecule has 14 heavy (non-hydrogen) atoms. The molecule has 82 valence electrons. The minimum atomic E-state index is -4.80. The fraction of sp³-hybridized carbons (Fsp3) is 0.875. The number of carbonyl (C=O) groups is 1. The molecule has 0 bridgehead atoms. The van der Waals surface area contributed by atoms with Crippen LogP contribution in [0.3, 0.4) is 0 Å². The van der Waals surface area contributed by atoms with Gasteiger partial charge in [0.05, 0.1) is 0 Å². The van der Waals surface area contributed by atoms with Crippen molar-refractivity contribution in [3.05, 3.63) is 0 Å². The third-order valence-electron chi connectivity index (χ3n) is 2.53. The summed E-state index contributed by atoms with van der Waals surface area (Å²) in [5.74, 6) is -2.12. The summed E-state index contributed by atoms with van der Waals surface area (Å²) in [5.41, 5.74) is 0. The van der Waals surface area contributed by atoms with Gasteiger partial charge in [-0.2, -0.15) is 13.2 Å². The highest BCUT2D eigenvalue weighted by atomic mass is 19.4. The minimum absolute atomic E-state index is 0.00396. The van der Waals surface area contributed by atoms with Gasteiger partial charge in [0, 0.05) is 25.6 Å². The van der Waals surface area contributed by atoms with Gasteiger partial charge in [-0.25, -0.2) is 0 Å². The van der Waals surface area contributed by atoms with Gasteiger partial charge in [0.25, 0.3) is 0 Å². The van der Waals surface area contributed by atoms with Crippen molar-refractivity contribution in [2.75, 3.05) is 19.7 Å². The normalized spacial score (nSPS) is 28.2. The van der Waals surface area contributed by atoms with Crippen LogP contribution in [0.15, 0.2) is 0 Å². The Labute approximate surface area is 79.5 Å². The minimum Gasteiger partial charge on any atom is -0.396 e. The largest absolute Gasteiger partial charge is 0.471 e. The Bertz CT molecular complexity index is 229. The fourth-order valence-corrected chi connectivity index (χ4v) is 1.62. The lowest BCUT2D eigenvalue weighted by Crippen LogP contribution is -2.39. The zero-order valence-electron chi connectivity index (χ0n) is 7.71. The van der Waals surface area contributed by atoms with E-state index in [0.717, 1.165) is 4.90 Å². The van der Waals surface area contributed by atoms with Crippen molar-refractivity contribution >= 4 is 5.91 Å². The number of likely N-dealkylation sites (tertiary alicyclic amines) is 1. The second-order valence-electron chi connectivity index (χ2n) is 3.63. The molecule has 0 aliphatic carbocycles. The summed E-state index contributed by atoms with van der Waals surface area (Å²) in [6, 6.07) is 0. The highest BCUT2D eigenvalue weighted by molar-refractivity contribution is 5.82. The SMILES string of the molecule is C[C@@H]1CN(C(=O)C(F)(F)F)C[C@H]1CO.